The van der Waals surface area contributed by atoms with Crippen molar-refractivity contribution >= 4 is 11.6 Å². The normalized spacial score (nSPS) is 16.6. The molecule has 3 rings (SSSR count). The first-order valence-corrected chi connectivity index (χ1v) is 10.1. The summed E-state index contributed by atoms with van der Waals surface area (Å²) in [5.74, 6) is 0.134. The Balaban J connectivity index is 1.59. The molecule has 0 aromatic heterocycles. The van der Waals surface area contributed by atoms with Gasteiger partial charge in [0.2, 0.25) is 0 Å². The number of phenolic OH excluding ortho intramolecular Hbond substituents is 1. The number of para-hydroxylation sites is 1. The molecular weight excluding hydrogens is 390 g/mol. The van der Waals surface area contributed by atoms with E-state index in [0.29, 0.717) is 44.3 Å². The van der Waals surface area contributed by atoms with Crippen molar-refractivity contribution in [3.05, 3.63) is 53.6 Å². The van der Waals surface area contributed by atoms with Crippen LogP contribution < -0.4 is 20.3 Å². The van der Waals surface area contributed by atoms with E-state index in [1.54, 1.807) is 17.0 Å². The van der Waals surface area contributed by atoms with Gasteiger partial charge in [-0.3, -0.25) is 4.99 Å². The molecule has 1 atom stereocenters. The van der Waals surface area contributed by atoms with E-state index in [1.165, 1.54) is 25.3 Å². The molecule has 0 radical (unpaired) electrons. The van der Waals surface area contributed by atoms with Crippen LogP contribution in [0, 0.1) is 11.6 Å². The minimum Gasteiger partial charge on any atom is -0.504 e. The lowest BCUT2D eigenvalue weighted by atomic mass is 10.1. The van der Waals surface area contributed by atoms with Crippen molar-refractivity contribution in [2.24, 2.45) is 4.99 Å². The van der Waals surface area contributed by atoms with Crippen LogP contribution in [0.15, 0.2) is 41.4 Å². The molecule has 1 aliphatic rings. The third kappa shape index (κ3) is 5.31. The molecule has 30 heavy (non-hydrogen) atoms. The summed E-state index contributed by atoms with van der Waals surface area (Å²) in [6.45, 7) is 4.30. The topological polar surface area (TPSA) is 69.1 Å². The largest absolute Gasteiger partial charge is 0.504 e. The second kappa shape index (κ2) is 10.1. The first kappa shape index (κ1) is 21.7. The monoisotopic (exact) mass is 418 g/mol. The Kier molecular flexibility index (Phi) is 7.32. The van der Waals surface area contributed by atoms with E-state index in [2.05, 4.69) is 15.6 Å². The van der Waals surface area contributed by atoms with Crippen LogP contribution >= 0.6 is 0 Å². The molecule has 2 aromatic rings. The molecule has 6 nitrogen and oxygen atoms in total. The fourth-order valence-electron chi connectivity index (χ4n) is 3.56. The zero-order valence-electron chi connectivity index (χ0n) is 17.3. The van der Waals surface area contributed by atoms with E-state index < -0.39 is 11.6 Å². The maximum atomic E-state index is 14.1. The van der Waals surface area contributed by atoms with Crippen molar-refractivity contribution in [3.8, 4) is 11.5 Å². The number of anilines is 1. The van der Waals surface area contributed by atoms with E-state index in [4.69, 9.17) is 4.74 Å². The van der Waals surface area contributed by atoms with Crippen molar-refractivity contribution in [1.82, 2.24) is 10.6 Å². The van der Waals surface area contributed by atoms with Crippen molar-refractivity contribution in [2.75, 3.05) is 38.2 Å². The Bertz CT molecular complexity index is 871. The smallest absolute Gasteiger partial charge is 0.191 e. The molecule has 1 saturated heterocycles. The zero-order chi connectivity index (χ0) is 21.5. The molecule has 0 amide bonds. The molecular formula is C22H28F2N4O2. The summed E-state index contributed by atoms with van der Waals surface area (Å²) in [5.41, 5.74) is 1.04. The second-order valence-corrected chi connectivity index (χ2v) is 7.16. The van der Waals surface area contributed by atoms with Crippen LogP contribution in [0.5, 0.6) is 11.5 Å². The summed E-state index contributed by atoms with van der Waals surface area (Å²) in [6.07, 6.45) is 1.44. The standard InChI is InChI=1S/C22H28F2N4O2/c1-3-25-22(26-11-9-15-7-8-19(29)20(13-15)30-2)27-16-10-12-28(14-16)21-17(23)5-4-6-18(21)24/h4-8,13,16,29H,3,9-12,14H2,1-2H3,(H2,25,26,27). The molecule has 1 fully saturated rings. The van der Waals surface area contributed by atoms with Gasteiger partial charge >= 0.3 is 0 Å². The number of ether oxygens (including phenoxy) is 1. The van der Waals surface area contributed by atoms with Crippen molar-refractivity contribution < 1.29 is 18.6 Å². The second-order valence-electron chi connectivity index (χ2n) is 7.16. The van der Waals surface area contributed by atoms with Crippen LogP contribution in [0.4, 0.5) is 14.5 Å². The Morgan fingerprint density at radius 1 is 1.27 bits per heavy atom. The summed E-state index contributed by atoms with van der Waals surface area (Å²) in [4.78, 5) is 6.34. The average molecular weight is 418 g/mol. The Hall–Kier alpha value is -3.03. The SMILES string of the molecule is CCNC(=NCCc1ccc(O)c(OC)c1)NC1CCN(c2c(F)cccc2F)C1. The summed E-state index contributed by atoms with van der Waals surface area (Å²) in [7, 11) is 1.52. The predicted molar refractivity (Wildman–Crippen MR) is 114 cm³/mol. The van der Waals surface area contributed by atoms with Gasteiger partial charge in [0.15, 0.2) is 17.5 Å². The van der Waals surface area contributed by atoms with Gasteiger partial charge in [0.25, 0.3) is 0 Å². The molecule has 0 spiro atoms. The molecule has 162 valence electrons. The molecule has 0 bridgehead atoms. The number of benzene rings is 2. The van der Waals surface area contributed by atoms with Crippen LogP contribution in [0.1, 0.15) is 18.9 Å². The Labute approximate surface area is 175 Å². The van der Waals surface area contributed by atoms with Gasteiger partial charge in [0.1, 0.15) is 17.3 Å². The van der Waals surface area contributed by atoms with Gasteiger partial charge < -0.3 is 25.4 Å². The summed E-state index contributed by atoms with van der Waals surface area (Å²) in [5, 5.41) is 16.3. The lowest BCUT2D eigenvalue weighted by molar-refractivity contribution is 0.373. The number of hydrogen-bond acceptors (Lipinski definition) is 4. The highest BCUT2D eigenvalue weighted by molar-refractivity contribution is 5.80. The number of nitrogens with one attached hydrogen (secondary N) is 2. The van der Waals surface area contributed by atoms with E-state index in [-0.39, 0.29) is 17.5 Å². The van der Waals surface area contributed by atoms with Gasteiger partial charge in [-0.2, -0.15) is 0 Å². The molecule has 8 heteroatoms. The molecule has 1 aliphatic heterocycles. The number of halogens is 2. The van der Waals surface area contributed by atoms with E-state index in [1.807, 2.05) is 13.0 Å². The van der Waals surface area contributed by atoms with Crippen LogP contribution in [-0.4, -0.2) is 50.4 Å². The van der Waals surface area contributed by atoms with Crippen LogP contribution in [-0.2, 0) is 6.42 Å². The van der Waals surface area contributed by atoms with E-state index >= 15 is 0 Å². The van der Waals surface area contributed by atoms with E-state index in [9.17, 15) is 13.9 Å². The quantitative estimate of drug-likeness (QED) is 0.476. The Morgan fingerprint density at radius 3 is 2.73 bits per heavy atom. The molecule has 1 heterocycles. The maximum Gasteiger partial charge on any atom is 0.191 e. The number of phenols is 1. The van der Waals surface area contributed by atoms with Crippen molar-refractivity contribution in [1.29, 1.82) is 0 Å². The summed E-state index contributed by atoms with van der Waals surface area (Å²) in [6, 6.07) is 9.21. The number of aromatic hydroxyl groups is 1. The summed E-state index contributed by atoms with van der Waals surface area (Å²) < 4.78 is 33.2. The van der Waals surface area contributed by atoms with Crippen LogP contribution in [0.3, 0.4) is 0 Å². The summed E-state index contributed by atoms with van der Waals surface area (Å²) >= 11 is 0. The third-order valence-electron chi connectivity index (χ3n) is 5.04. The zero-order valence-corrected chi connectivity index (χ0v) is 17.3. The van der Waals surface area contributed by atoms with Crippen molar-refractivity contribution in [3.63, 3.8) is 0 Å². The molecule has 2 aromatic carbocycles. The van der Waals surface area contributed by atoms with Gasteiger partial charge in [0, 0.05) is 32.2 Å². The highest BCUT2D eigenvalue weighted by atomic mass is 19.1. The minimum absolute atomic E-state index is 0.0324. The van der Waals surface area contributed by atoms with Gasteiger partial charge in [-0.25, -0.2) is 8.78 Å². The highest BCUT2D eigenvalue weighted by Gasteiger charge is 2.27. The molecule has 3 N–H and O–H groups in total. The number of hydrogen-bond donors (Lipinski definition) is 3. The fourth-order valence-corrected chi connectivity index (χ4v) is 3.56. The molecule has 0 aliphatic carbocycles. The van der Waals surface area contributed by atoms with Crippen LogP contribution in [0.2, 0.25) is 0 Å². The van der Waals surface area contributed by atoms with Crippen LogP contribution in [0.25, 0.3) is 0 Å². The molecule has 1 unspecified atom stereocenters. The minimum atomic E-state index is -0.541. The van der Waals surface area contributed by atoms with Gasteiger partial charge in [-0.15, -0.1) is 0 Å². The lowest BCUT2D eigenvalue weighted by Gasteiger charge is -2.21. The Morgan fingerprint density at radius 2 is 2.03 bits per heavy atom. The number of aliphatic imine (C=N–C) groups is 1. The number of rotatable bonds is 7. The fraction of sp³-hybridized carbons (Fsp3) is 0.409. The average Bonchev–Trinajstić information content (AvgIpc) is 3.17. The van der Waals surface area contributed by atoms with Gasteiger partial charge in [0.05, 0.1) is 7.11 Å². The molecule has 0 saturated carbocycles. The maximum absolute atomic E-state index is 14.1. The first-order valence-electron chi connectivity index (χ1n) is 10.1. The highest BCUT2D eigenvalue weighted by Crippen LogP contribution is 2.27. The number of nitrogens with zero attached hydrogens (tertiary/aromatic N) is 2. The van der Waals surface area contributed by atoms with Gasteiger partial charge in [-0.1, -0.05) is 12.1 Å². The van der Waals surface area contributed by atoms with Crippen molar-refractivity contribution in [2.45, 2.75) is 25.8 Å². The third-order valence-corrected chi connectivity index (χ3v) is 5.04. The van der Waals surface area contributed by atoms with E-state index in [0.717, 1.165) is 12.0 Å². The van der Waals surface area contributed by atoms with Gasteiger partial charge in [-0.05, 0) is 49.6 Å². The predicted octanol–water partition coefficient (Wildman–Crippen LogP) is 3.06. The number of methoxy groups -OCH3 is 1. The number of guanidine groups is 1. The first-order chi connectivity index (χ1) is 14.5. The lowest BCUT2D eigenvalue weighted by Crippen LogP contribution is -2.44.